The van der Waals surface area contributed by atoms with Gasteiger partial charge in [-0.05, 0) is 76.5 Å². The van der Waals surface area contributed by atoms with Gasteiger partial charge < -0.3 is 9.64 Å². The molecule has 0 aliphatic heterocycles. The molecule has 2 heterocycles. The fraction of sp³-hybridized carbons (Fsp3) is 0.250. The van der Waals surface area contributed by atoms with E-state index >= 15 is 0 Å². The van der Waals surface area contributed by atoms with E-state index in [2.05, 4.69) is 66.2 Å². The minimum Gasteiger partial charge on any atom is -0.489 e. The molecule has 0 amide bonds. The summed E-state index contributed by atoms with van der Waals surface area (Å²) in [5, 5.41) is 5.93. The van der Waals surface area contributed by atoms with E-state index in [9.17, 15) is 0 Å². The highest BCUT2D eigenvalue weighted by Crippen LogP contribution is 2.30. The van der Waals surface area contributed by atoms with Crippen molar-refractivity contribution in [3.8, 4) is 22.7 Å². The molecule has 148 valence electrons. The van der Waals surface area contributed by atoms with Gasteiger partial charge in [-0.2, -0.15) is 5.10 Å². The topological polar surface area (TPSA) is 43.2 Å². The first-order valence-corrected chi connectivity index (χ1v) is 9.84. The molecular weight excluding hydrogens is 360 g/mol. The summed E-state index contributed by atoms with van der Waals surface area (Å²) in [7, 11) is 4.10. The van der Waals surface area contributed by atoms with Crippen molar-refractivity contribution in [3.05, 3.63) is 72.4 Å². The molecule has 0 spiro atoms. The first-order valence-electron chi connectivity index (χ1n) is 9.84. The van der Waals surface area contributed by atoms with Crippen LogP contribution in [-0.2, 0) is 0 Å². The fourth-order valence-corrected chi connectivity index (χ4v) is 3.51. The Labute approximate surface area is 171 Å². The lowest BCUT2D eigenvalue weighted by Crippen LogP contribution is -2.27. The maximum atomic E-state index is 6.01. The predicted octanol–water partition coefficient (Wildman–Crippen LogP) is 4.72. The summed E-state index contributed by atoms with van der Waals surface area (Å²) in [6.45, 7) is 5.03. The van der Waals surface area contributed by atoms with E-state index < -0.39 is 0 Å². The summed E-state index contributed by atoms with van der Waals surface area (Å²) >= 11 is 0. The van der Waals surface area contributed by atoms with E-state index in [1.165, 1.54) is 5.56 Å². The van der Waals surface area contributed by atoms with Gasteiger partial charge in [0.05, 0.1) is 5.69 Å². The van der Waals surface area contributed by atoms with Crippen molar-refractivity contribution in [2.45, 2.75) is 20.0 Å². The Balaban J connectivity index is 1.68. The third-order valence-electron chi connectivity index (χ3n) is 4.81. The number of ether oxygens (including phenoxy) is 1. The zero-order valence-electron chi connectivity index (χ0n) is 17.3. The van der Waals surface area contributed by atoms with Crippen LogP contribution in [0.3, 0.4) is 0 Å². The van der Waals surface area contributed by atoms with E-state index in [-0.39, 0.29) is 6.10 Å². The molecule has 29 heavy (non-hydrogen) atoms. The summed E-state index contributed by atoms with van der Waals surface area (Å²) in [4.78, 5) is 6.70. The van der Waals surface area contributed by atoms with Gasteiger partial charge in [-0.3, -0.25) is 0 Å². The van der Waals surface area contributed by atoms with Crippen LogP contribution in [0.2, 0.25) is 0 Å². The van der Waals surface area contributed by atoms with Gasteiger partial charge in [0.25, 0.3) is 0 Å². The first-order chi connectivity index (χ1) is 14.0. The Morgan fingerprint density at radius 1 is 1.00 bits per heavy atom. The van der Waals surface area contributed by atoms with Gasteiger partial charge >= 0.3 is 0 Å². The Bertz CT molecular complexity index is 1100. The van der Waals surface area contributed by atoms with Crippen molar-refractivity contribution in [2.24, 2.45) is 0 Å². The van der Waals surface area contributed by atoms with Crippen molar-refractivity contribution >= 4 is 11.0 Å². The average molecular weight is 386 g/mol. The molecule has 0 aliphatic carbocycles. The third kappa shape index (κ3) is 4.15. The second-order valence-electron chi connectivity index (χ2n) is 7.69. The Morgan fingerprint density at radius 2 is 1.72 bits per heavy atom. The van der Waals surface area contributed by atoms with Gasteiger partial charge in [-0.1, -0.05) is 17.7 Å². The van der Waals surface area contributed by atoms with Crippen LogP contribution in [0.1, 0.15) is 12.5 Å². The number of pyridine rings is 1. The van der Waals surface area contributed by atoms with Crippen molar-refractivity contribution in [3.63, 3.8) is 0 Å². The lowest BCUT2D eigenvalue weighted by atomic mass is 10.1. The second kappa shape index (κ2) is 8.05. The fourth-order valence-electron chi connectivity index (χ4n) is 3.51. The number of aryl methyl sites for hydroxylation is 1. The molecule has 0 saturated heterocycles. The van der Waals surface area contributed by atoms with Gasteiger partial charge in [0.1, 0.15) is 17.5 Å². The summed E-state index contributed by atoms with van der Waals surface area (Å²) in [5.41, 5.74) is 5.04. The monoisotopic (exact) mass is 386 g/mol. The van der Waals surface area contributed by atoms with Crippen LogP contribution in [0.15, 0.2) is 66.9 Å². The van der Waals surface area contributed by atoms with E-state index in [0.29, 0.717) is 0 Å². The van der Waals surface area contributed by atoms with E-state index in [1.807, 2.05) is 43.2 Å². The number of nitrogens with zero attached hydrogens (tertiary/aromatic N) is 4. The zero-order valence-corrected chi connectivity index (χ0v) is 17.3. The van der Waals surface area contributed by atoms with Crippen LogP contribution in [0, 0.1) is 6.92 Å². The molecule has 2 aromatic heterocycles. The Hall–Kier alpha value is -3.18. The maximum absolute atomic E-state index is 6.01. The van der Waals surface area contributed by atoms with Crippen LogP contribution < -0.4 is 4.74 Å². The highest BCUT2D eigenvalue weighted by molar-refractivity contribution is 5.92. The largest absolute Gasteiger partial charge is 0.489 e. The quantitative estimate of drug-likeness (QED) is 0.481. The van der Waals surface area contributed by atoms with Crippen LogP contribution in [0.5, 0.6) is 5.75 Å². The van der Waals surface area contributed by atoms with Crippen LogP contribution >= 0.6 is 0 Å². The molecule has 4 rings (SSSR count). The molecule has 0 N–H and O–H groups in total. The number of aromatic nitrogens is 3. The van der Waals surface area contributed by atoms with E-state index in [1.54, 1.807) is 0 Å². The average Bonchev–Trinajstić information content (AvgIpc) is 3.08. The smallest absolute Gasteiger partial charge is 0.163 e. The normalized spacial score (nSPS) is 12.4. The number of likely N-dealkylation sites (N-methyl/N-ethyl adjacent to an activating group) is 1. The van der Waals surface area contributed by atoms with Crippen LogP contribution in [0.25, 0.3) is 28.0 Å². The van der Waals surface area contributed by atoms with Crippen molar-refractivity contribution in [2.75, 3.05) is 20.6 Å². The molecule has 0 bridgehead atoms. The molecular formula is C24H26N4O. The van der Waals surface area contributed by atoms with Crippen molar-refractivity contribution in [1.29, 1.82) is 0 Å². The first kappa shape index (κ1) is 19.2. The SMILES string of the molecule is Cc1ccc(-n2nc(-c3ccc(OC(C)CN(C)C)cc3)c3cccnc32)cc1. The lowest BCUT2D eigenvalue weighted by molar-refractivity contribution is 0.177. The van der Waals surface area contributed by atoms with Crippen molar-refractivity contribution in [1.82, 2.24) is 19.7 Å². The minimum absolute atomic E-state index is 0.127. The number of rotatable bonds is 6. The molecule has 0 radical (unpaired) electrons. The number of fused-ring (bicyclic) bond motifs is 1. The summed E-state index contributed by atoms with van der Waals surface area (Å²) in [6.07, 6.45) is 1.93. The molecule has 1 atom stereocenters. The van der Waals surface area contributed by atoms with Crippen LogP contribution in [0.4, 0.5) is 0 Å². The molecule has 0 fully saturated rings. The van der Waals surface area contributed by atoms with Gasteiger partial charge in [0.15, 0.2) is 5.65 Å². The van der Waals surface area contributed by atoms with E-state index in [4.69, 9.17) is 9.84 Å². The Kier molecular flexibility index (Phi) is 5.32. The zero-order chi connectivity index (χ0) is 20.4. The number of hydrogen-bond acceptors (Lipinski definition) is 4. The summed E-state index contributed by atoms with van der Waals surface area (Å²) in [5.74, 6) is 0.864. The summed E-state index contributed by atoms with van der Waals surface area (Å²) < 4.78 is 7.92. The molecule has 5 heteroatoms. The van der Waals surface area contributed by atoms with Gasteiger partial charge in [0, 0.05) is 23.7 Å². The van der Waals surface area contributed by atoms with Gasteiger partial charge in [-0.25, -0.2) is 9.67 Å². The Morgan fingerprint density at radius 3 is 2.41 bits per heavy atom. The molecule has 1 unspecified atom stereocenters. The van der Waals surface area contributed by atoms with Crippen molar-refractivity contribution < 1.29 is 4.74 Å². The lowest BCUT2D eigenvalue weighted by Gasteiger charge is -2.18. The van der Waals surface area contributed by atoms with Crippen LogP contribution in [-0.4, -0.2) is 46.4 Å². The minimum atomic E-state index is 0.127. The third-order valence-corrected chi connectivity index (χ3v) is 4.81. The number of hydrogen-bond donors (Lipinski definition) is 0. The molecule has 0 aliphatic rings. The molecule has 2 aromatic carbocycles. The van der Waals surface area contributed by atoms with E-state index in [0.717, 1.165) is 40.3 Å². The van der Waals surface area contributed by atoms with Gasteiger partial charge in [-0.15, -0.1) is 0 Å². The molecule has 0 saturated carbocycles. The molecule has 5 nitrogen and oxygen atoms in total. The molecule has 4 aromatic rings. The highest BCUT2D eigenvalue weighted by atomic mass is 16.5. The predicted molar refractivity (Wildman–Crippen MR) is 118 cm³/mol. The summed E-state index contributed by atoms with van der Waals surface area (Å²) in [6, 6.07) is 20.5. The van der Waals surface area contributed by atoms with Gasteiger partial charge in [0.2, 0.25) is 0 Å². The number of benzene rings is 2. The maximum Gasteiger partial charge on any atom is 0.163 e. The standard InChI is InChI=1S/C24H26N4O/c1-17-7-11-20(12-8-17)28-24-22(6-5-15-25-24)23(26-28)19-9-13-21(14-10-19)29-18(2)16-27(3)4/h5-15,18H,16H2,1-4H3. The second-order valence-corrected chi connectivity index (χ2v) is 7.69. The highest BCUT2D eigenvalue weighted by Gasteiger charge is 2.15.